The molecule has 12 aromatic carbocycles. The summed E-state index contributed by atoms with van der Waals surface area (Å²) in [5.74, 6) is 0. The SMILES string of the molecule is Cc1ccc2ccccc2c1-c1ccc2c(c1)c1ccc3c4ccccc4oc3c1n2-c1c(C#N)c(-n2c3ccccc3c3ccccc32)c(-n2c3ccccc3c3ccccc32)c(C#N)c1-n1c2ccccc2c2ccccc21. The van der Waals surface area contributed by atoms with E-state index in [0.29, 0.717) is 39.5 Å². The molecule has 0 radical (unpaired) electrons. The van der Waals surface area contributed by atoms with Crippen LogP contribution < -0.4 is 0 Å². The fraction of sp³-hybridized carbons (Fsp3) is 0.0137. The van der Waals surface area contributed by atoms with E-state index in [1.165, 1.54) is 16.3 Å². The minimum Gasteiger partial charge on any atom is -0.454 e. The molecular formula is C73H42N6O. The van der Waals surface area contributed by atoms with Crippen molar-refractivity contribution in [2.24, 2.45) is 0 Å². The highest BCUT2D eigenvalue weighted by Gasteiger charge is 2.35. The summed E-state index contributed by atoms with van der Waals surface area (Å²) in [4.78, 5) is 0. The molecule has 0 aliphatic heterocycles. The summed E-state index contributed by atoms with van der Waals surface area (Å²) < 4.78 is 16.2. The van der Waals surface area contributed by atoms with Crippen molar-refractivity contribution in [1.29, 1.82) is 10.5 Å². The Bertz CT molecular complexity index is 5500. The van der Waals surface area contributed by atoms with E-state index in [4.69, 9.17) is 4.42 Å². The van der Waals surface area contributed by atoms with Crippen LogP contribution in [-0.4, -0.2) is 18.3 Å². The summed E-state index contributed by atoms with van der Waals surface area (Å²) in [6.45, 7) is 2.18. The summed E-state index contributed by atoms with van der Waals surface area (Å²) in [6.07, 6.45) is 0. The van der Waals surface area contributed by atoms with Crippen molar-refractivity contribution >= 4 is 120 Å². The number of rotatable bonds is 5. The third kappa shape index (κ3) is 5.79. The maximum atomic E-state index is 12.9. The smallest absolute Gasteiger partial charge is 0.160 e. The van der Waals surface area contributed by atoms with E-state index in [1.54, 1.807) is 0 Å². The molecule has 17 aromatic rings. The molecule has 0 unspecified atom stereocenters. The Morgan fingerprint density at radius 1 is 0.325 bits per heavy atom. The molecule has 0 aliphatic rings. The fourth-order valence-electron chi connectivity index (χ4n) is 13.7. The number of nitrogens with zero attached hydrogens (tertiary/aromatic N) is 6. The number of para-hydroxylation sites is 7. The van der Waals surface area contributed by atoms with Gasteiger partial charge in [0.05, 0.1) is 66.9 Å². The maximum absolute atomic E-state index is 12.9. The molecule has 0 N–H and O–H groups in total. The standard InChI is InChI=1S/C73H42N6O/c1-43-34-35-44-18-2-3-19-46(44)67(43)45-36-39-65-56(40-45)54-37-38-55-53-26-10-17-33-66(53)80-73(55)72(54)79(65)71-58(42-75)69(77-61-29-13-6-22-49(61)50-23-7-14-30-62(50)77)68(76-59-27-11-4-20-47(59)48-21-5-12-28-60(48)76)57(41-74)70(71)78-63-31-15-8-24-51(63)52-25-9-16-32-64(52)78/h2-40H,1H3. The van der Waals surface area contributed by atoms with Crippen LogP contribution in [0.3, 0.4) is 0 Å². The average molecular weight is 1020 g/mol. The molecule has 80 heavy (non-hydrogen) atoms. The Kier molecular flexibility index (Phi) is 9.06. The molecular weight excluding hydrogens is 977 g/mol. The van der Waals surface area contributed by atoms with Crippen molar-refractivity contribution in [3.63, 3.8) is 0 Å². The Morgan fingerprint density at radius 2 is 0.713 bits per heavy atom. The van der Waals surface area contributed by atoms with Crippen LogP contribution in [0.4, 0.5) is 0 Å². The average Bonchev–Trinajstić information content (AvgIpc) is 3.48. The van der Waals surface area contributed by atoms with E-state index < -0.39 is 0 Å². The first-order valence-corrected chi connectivity index (χ1v) is 27.0. The number of fused-ring (bicyclic) bond motifs is 17. The van der Waals surface area contributed by atoms with Crippen molar-refractivity contribution < 1.29 is 4.42 Å². The first kappa shape index (κ1) is 44.1. The molecule has 0 spiro atoms. The van der Waals surface area contributed by atoms with Crippen molar-refractivity contribution in [3.05, 3.63) is 253 Å². The van der Waals surface area contributed by atoms with Crippen LogP contribution in [0.2, 0.25) is 0 Å². The van der Waals surface area contributed by atoms with Gasteiger partial charge in [-0.1, -0.05) is 176 Å². The number of aromatic nitrogens is 4. The number of benzene rings is 12. The van der Waals surface area contributed by atoms with E-state index >= 15 is 0 Å². The molecule has 17 rings (SSSR count). The first-order chi connectivity index (χ1) is 39.6. The molecule has 370 valence electrons. The lowest BCUT2D eigenvalue weighted by atomic mass is 9.93. The molecule has 0 aliphatic carbocycles. The Labute approximate surface area is 457 Å². The number of hydrogen-bond donors (Lipinski definition) is 0. The van der Waals surface area contributed by atoms with Gasteiger partial charge in [-0.25, -0.2) is 0 Å². The predicted octanol–water partition coefficient (Wildman–Crippen LogP) is 18.8. The van der Waals surface area contributed by atoms with Crippen LogP contribution in [0.5, 0.6) is 0 Å². The van der Waals surface area contributed by atoms with Gasteiger partial charge in [0.2, 0.25) is 0 Å². The molecule has 7 heteroatoms. The van der Waals surface area contributed by atoms with E-state index in [2.05, 4.69) is 262 Å². The highest BCUT2D eigenvalue weighted by atomic mass is 16.3. The second-order valence-electron chi connectivity index (χ2n) is 21.0. The Hall–Kier alpha value is -11.1. The molecule has 0 atom stereocenters. The molecule has 0 bridgehead atoms. The van der Waals surface area contributed by atoms with Gasteiger partial charge in [0, 0.05) is 53.9 Å². The molecule has 5 heterocycles. The minimum atomic E-state index is 0.380. The third-order valence-electron chi connectivity index (χ3n) is 17.0. The minimum absolute atomic E-state index is 0.380. The maximum Gasteiger partial charge on any atom is 0.160 e. The van der Waals surface area contributed by atoms with Gasteiger partial charge in [-0.05, 0) is 95.1 Å². The van der Waals surface area contributed by atoms with Gasteiger partial charge in [0.15, 0.2) is 5.58 Å². The molecule has 0 amide bonds. The third-order valence-corrected chi connectivity index (χ3v) is 17.0. The number of hydrogen-bond acceptors (Lipinski definition) is 3. The zero-order valence-corrected chi connectivity index (χ0v) is 43.1. The van der Waals surface area contributed by atoms with Gasteiger partial charge in [0.25, 0.3) is 0 Å². The highest BCUT2D eigenvalue weighted by molar-refractivity contribution is 6.23. The lowest BCUT2D eigenvalue weighted by molar-refractivity contribution is 0.671. The van der Waals surface area contributed by atoms with Crippen molar-refractivity contribution in [2.75, 3.05) is 0 Å². The van der Waals surface area contributed by atoms with Gasteiger partial charge in [-0.15, -0.1) is 0 Å². The lowest BCUT2D eigenvalue weighted by Crippen LogP contribution is -2.16. The van der Waals surface area contributed by atoms with Crippen LogP contribution in [-0.2, 0) is 0 Å². The fourth-order valence-corrected chi connectivity index (χ4v) is 13.7. The first-order valence-electron chi connectivity index (χ1n) is 27.0. The van der Waals surface area contributed by atoms with Crippen molar-refractivity contribution in [2.45, 2.75) is 6.92 Å². The molecule has 7 nitrogen and oxygen atoms in total. The van der Waals surface area contributed by atoms with Gasteiger partial charge < -0.3 is 22.7 Å². The summed E-state index contributed by atoms with van der Waals surface area (Å²) in [6, 6.07) is 88.7. The summed E-state index contributed by atoms with van der Waals surface area (Å²) in [5, 5.41) is 38.1. The monoisotopic (exact) mass is 1020 g/mol. The van der Waals surface area contributed by atoms with Crippen molar-refractivity contribution in [1.82, 2.24) is 18.3 Å². The second kappa shape index (κ2) is 16.4. The molecule has 0 saturated heterocycles. The zero-order valence-electron chi connectivity index (χ0n) is 43.1. The summed E-state index contributed by atoms with van der Waals surface area (Å²) in [7, 11) is 0. The quantitative estimate of drug-likeness (QED) is 0.172. The second-order valence-corrected chi connectivity index (χ2v) is 21.0. The van der Waals surface area contributed by atoms with Crippen LogP contribution in [0.15, 0.2) is 241 Å². The van der Waals surface area contributed by atoms with E-state index in [9.17, 15) is 10.5 Å². The predicted molar refractivity (Wildman–Crippen MR) is 328 cm³/mol. The lowest BCUT2D eigenvalue weighted by Gasteiger charge is -2.27. The Morgan fingerprint density at radius 3 is 1.19 bits per heavy atom. The van der Waals surface area contributed by atoms with Crippen LogP contribution in [0, 0.1) is 29.6 Å². The molecule has 0 saturated carbocycles. The van der Waals surface area contributed by atoms with E-state index in [1.807, 2.05) is 12.1 Å². The topological polar surface area (TPSA) is 80.4 Å². The van der Waals surface area contributed by atoms with Crippen LogP contribution >= 0.6 is 0 Å². The summed E-state index contributed by atoms with van der Waals surface area (Å²) in [5.41, 5.74) is 15.0. The molecule has 5 aromatic heterocycles. The van der Waals surface area contributed by atoms with Gasteiger partial charge in [-0.3, -0.25) is 0 Å². The van der Waals surface area contributed by atoms with E-state index in [0.717, 1.165) is 115 Å². The largest absolute Gasteiger partial charge is 0.454 e. The van der Waals surface area contributed by atoms with Crippen molar-refractivity contribution in [3.8, 4) is 46.0 Å². The summed E-state index contributed by atoms with van der Waals surface area (Å²) >= 11 is 0. The zero-order chi connectivity index (χ0) is 52.9. The van der Waals surface area contributed by atoms with Gasteiger partial charge in [0.1, 0.15) is 28.8 Å². The normalized spacial score (nSPS) is 12.0. The van der Waals surface area contributed by atoms with Gasteiger partial charge in [-0.2, -0.15) is 10.5 Å². The van der Waals surface area contributed by atoms with Crippen LogP contribution in [0.1, 0.15) is 16.7 Å². The Balaban J connectivity index is 1.17. The molecule has 0 fully saturated rings. The number of furan rings is 1. The highest BCUT2D eigenvalue weighted by Crippen LogP contribution is 2.50. The van der Waals surface area contributed by atoms with Gasteiger partial charge >= 0.3 is 0 Å². The number of nitriles is 2. The number of aryl methyl sites for hydroxylation is 1. The van der Waals surface area contributed by atoms with Crippen LogP contribution in [0.25, 0.3) is 154 Å². The van der Waals surface area contributed by atoms with E-state index in [-0.39, 0.29) is 0 Å².